The van der Waals surface area contributed by atoms with E-state index in [-0.39, 0.29) is 10.7 Å². The van der Waals surface area contributed by atoms with E-state index in [1.165, 1.54) is 44.2 Å². The van der Waals surface area contributed by atoms with Crippen LogP contribution in [-0.2, 0) is 9.59 Å². The number of carbonyl (C=O) groups is 2. The molecule has 0 bridgehead atoms. The van der Waals surface area contributed by atoms with Gasteiger partial charge in [-0.1, -0.05) is 6.07 Å². The van der Waals surface area contributed by atoms with E-state index in [2.05, 4.69) is 0 Å². The van der Waals surface area contributed by atoms with E-state index in [1.807, 2.05) is 0 Å². The van der Waals surface area contributed by atoms with Crippen molar-refractivity contribution in [2.75, 3.05) is 28.3 Å². The van der Waals surface area contributed by atoms with Gasteiger partial charge in [-0.25, -0.2) is 0 Å². The van der Waals surface area contributed by atoms with Crippen LogP contribution < -0.4 is 9.47 Å². The maximum absolute atomic E-state index is 12.2. The predicted octanol–water partition coefficient (Wildman–Crippen LogP) is 1.30. The van der Waals surface area contributed by atoms with Crippen molar-refractivity contribution in [2.45, 2.75) is 0 Å². The van der Waals surface area contributed by atoms with E-state index in [0.29, 0.717) is 17.1 Å². The van der Waals surface area contributed by atoms with Gasteiger partial charge in [0, 0.05) is 14.1 Å². The normalized spacial score (nSPS) is 15.3. The highest BCUT2D eigenvalue weighted by atomic mass is 32.1. The Morgan fingerprint density at radius 2 is 1.55 bits per heavy atom. The van der Waals surface area contributed by atoms with Crippen LogP contribution >= 0.6 is 12.2 Å². The summed E-state index contributed by atoms with van der Waals surface area (Å²) in [6.07, 6.45) is 1.52. The molecule has 0 N–H and O–H groups in total. The molecular weight excluding hydrogens is 304 g/mol. The third kappa shape index (κ3) is 2.67. The molecule has 0 aliphatic carbocycles. The molecule has 0 unspecified atom stereocenters. The van der Waals surface area contributed by atoms with Crippen LogP contribution in [0.1, 0.15) is 5.56 Å². The zero-order valence-corrected chi connectivity index (χ0v) is 13.6. The summed E-state index contributed by atoms with van der Waals surface area (Å²) in [5.41, 5.74) is 0.704. The van der Waals surface area contributed by atoms with Gasteiger partial charge in [0.25, 0.3) is 11.8 Å². The second kappa shape index (κ2) is 6.15. The van der Waals surface area contributed by atoms with E-state index in [1.54, 1.807) is 18.2 Å². The molecule has 0 atom stereocenters. The Morgan fingerprint density at radius 3 is 2.05 bits per heavy atom. The predicted molar refractivity (Wildman–Crippen MR) is 85.7 cm³/mol. The van der Waals surface area contributed by atoms with E-state index in [9.17, 15) is 9.59 Å². The summed E-state index contributed by atoms with van der Waals surface area (Å²) in [7, 11) is 6.13. The Balaban J connectivity index is 2.45. The number of benzene rings is 1. The van der Waals surface area contributed by atoms with Crippen molar-refractivity contribution in [3.63, 3.8) is 0 Å². The monoisotopic (exact) mass is 320 g/mol. The number of methoxy groups -OCH3 is 2. The van der Waals surface area contributed by atoms with Crippen LogP contribution in [0.5, 0.6) is 11.5 Å². The molecule has 0 aromatic heterocycles. The first-order chi connectivity index (χ1) is 10.4. The number of ether oxygens (including phenoxy) is 2. The second-order valence-electron chi connectivity index (χ2n) is 4.68. The Bertz CT molecular complexity index is 658. The van der Waals surface area contributed by atoms with Gasteiger partial charge in [-0.2, -0.15) is 0 Å². The second-order valence-corrected chi connectivity index (χ2v) is 5.05. The molecule has 1 saturated heterocycles. The third-order valence-corrected chi connectivity index (χ3v) is 3.91. The SMILES string of the molecule is COc1ccc(C=C2C(=O)N(C)C(=S)N(C)C2=O)cc1OC. The van der Waals surface area contributed by atoms with E-state index >= 15 is 0 Å². The lowest BCUT2D eigenvalue weighted by molar-refractivity contribution is -0.132. The molecule has 1 heterocycles. The topological polar surface area (TPSA) is 59.1 Å². The molecule has 6 nitrogen and oxygen atoms in total. The summed E-state index contributed by atoms with van der Waals surface area (Å²) in [6, 6.07) is 5.14. The fourth-order valence-electron chi connectivity index (χ4n) is 2.08. The fourth-order valence-corrected chi connectivity index (χ4v) is 2.25. The van der Waals surface area contributed by atoms with Crippen molar-refractivity contribution >= 4 is 35.2 Å². The van der Waals surface area contributed by atoms with Crippen molar-refractivity contribution in [2.24, 2.45) is 0 Å². The average Bonchev–Trinajstić information content (AvgIpc) is 2.54. The number of rotatable bonds is 3. The van der Waals surface area contributed by atoms with Crippen molar-refractivity contribution in [1.29, 1.82) is 0 Å². The van der Waals surface area contributed by atoms with E-state index in [0.717, 1.165) is 0 Å². The first kappa shape index (κ1) is 16.0. The highest BCUT2D eigenvalue weighted by Crippen LogP contribution is 2.29. The number of likely N-dealkylation sites (N-methyl/N-ethyl adjacent to an activating group) is 2. The summed E-state index contributed by atoms with van der Waals surface area (Å²) in [6.45, 7) is 0. The molecular formula is C15H16N2O4S. The number of hydrogen-bond acceptors (Lipinski definition) is 5. The smallest absolute Gasteiger partial charge is 0.265 e. The van der Waals surface area contributed by atoms with Crippen LogP contribution in [0, 0.1) is 0 Å². The Hall–Kier alpha value is -2.41. The van der Waals surface area contributed by atoms with Gasteiger partial charge in [-0.3, -0.25) is 19.4 Å². The number of hydrogen-bond donors (Lipinski definition) is 0. The zero-order valence-electron chi connectivity index (χ0n) is 12.7. The third-order valence-electron chi connectivity index (χ3n) is 3.36. The quantitative estimate of drug-likeness (QED) is 0.477. The highest BCUT2D eigenvalue weighted by Gasteiger charge is 2.35. The van der Waals surface area contributed by atoms with Gasteiger partial charge in [0.15, 0.2) is 16.6 Å². The van der Waals surface area contributed by atoms with Gasteiger partial charge in [-0.15, -0.1) is 0 Å². The van der Waals surface area contributed by atoms with Crippen LogP contribution in [0.3, 0.4) is 0 Å². The molecule has 7 heteroatoms. The molecule has 1 fully saturated rings. The summed E-state index contributed by atoms with van der Waals surface area (Å²) < 4.78 is 10.4. The van der Waals surface area contributed by atoms with Crippen LogP contribution in [0.4, 0.5) is 0 Å². The maximum atomic E-state index is 12.2. The van der Waals surface area contributed by atoms with Gasteiger partial charge in [-0.05, 0) is 36.0 Å². The largest absolute Gasteiger partial charge is 0.493 e. The van der Waals surface area contributed by atoms with E-state index < -0.39 is 11.8 Å². The van der Waals surface area contributed by atoms with Crippen molar-refractivity contribution in [3.8, 4) is 11.5 Å². The van der Waals surface area contributed by atoms with Gasteiger partial charge < -0.3 is 9.47 Å². The molecule has 22 heavy (non-hydrogen) atoms. The lowest BCUT2D eigenvalue weighted by atomic mass is 10.1. The minimum absolute atomic E-state index is 0.0471. The molecule has 1 aromatic rings. The van der Waals surface area contributed by atoms with Gasteiger partial charge in [0.2, 0.25) is 0 Å². The Morgan fingerprint density at radius 1 is 1.00 bits per heavy atom. The first-order valence-corrected chi connectivity index (χ1v) is 6.85. The molecule has 2 amide bonds. The highest BCUT2D eigenvalue weighted by molar-refractivity contribution is 7.80. The van der Waals surface area contributed by atoms with Crippen molar-refractivity contribution in [1.82, 2.24) is 9.80 Å². The average molecular weight is 320 g/mol. The standard InChI is InChI=1S/C15H16N2O4S/c1-16-13(18)10(14(19)17(2)15(16)22)7-9-5-6-11(20-3)12(8-9)21-4/h5-8H,1-4H3. The molecule has 0 spiro atoms. The molecule has 116 valence electrons. The van der Waals surface area contributed by atoms with Crippen molar-refractivity contribution < 1.29 is 19.1 Å². The van der Waals surface area contributed by atoms with Crippen LogP contribution in [-0.4, -0.2) is 55.0 Å². The number of nitrogens with zero attached hydrogens (tertiary/aromatic N) is 2. The molecule has 1 aliphatic rings. The molecule has 0 radical (unpaired) electrons. The lowest BCUT2D eigenvalue weighted by Gasteiger charge is -2.31. The van der Waals surface area contributed by atoms with E-state index in [4.69, 9.17) is 21.7 Å². The molecule has 0 saturated carbocycles. The van der Waals surface area contributed by atoms with Gasteiger partial charge >= 0.3 is 0 Å². The number of carbonyl (C=O) groups excluding carboxylic acids is 2. The lowest BCUT2D eigenvalue weighted by Crippen LogP contribution is -2.52. The summed E-state index contributed by atoms with van der Waals surface area (Å²) in [5, 5.41) is 0.180. The van der Waals surface area contributed by atoms with Crippen molar-refractivity contribution in [3.05, 3.63) is 29.3 Å². The maximum Gasteiger partial charge on any atom is 0.265 e. The molecule has 1 aromatic carbocycles. The van der Waals surface area contributed by atoms with Crippen LogP contribution in [0.2, 0.25) is 0 Å². The van der Waals surface area contributed by atoms with Gasteiger partial charge in [0.1, 0.15) is 5.57 Å². The Kier molecular flexibility index (Phi) is 4.46. The minimum atomic E-state index is -0.428. The zero-order chi connectivity index (χ0) is 16.4. The summed E-state index contributed by atoms with van der Waals surface area (Å²) >= 11 is 5.04. The summed E-state index contributed by atoms with van der Waals surface area (Å²) in [5.74, 6) is 0.233. The number of amides is 2. The van der Waals surface area contributed by atoms with Crippen LogP contribution in [0.25, 0.3) is 6.08 Å². The minimum Gasteiger partial charge on any atom is -0.493 e. The molecule has 2 rings (SSSR count). The first-order valence-electron chi connectivity index (χ1n) is 6.44. The fraction of sp³-hybridized carbons (Fsp3) is 0.267. The summed E-state index contributed by atoms with van der Waals surface area (Å²) in [4.78, 5) is 27.0. The number of thiocarbonyl (C=S) groups is 1. The molecule has 1 aliphatic heterocycles. The Labute approximate surface area is 133 Å². The van der Waals surface area contributed by atoms with Crippen LogP contribution in [0.15, 0.2) is 23.8 Å². The van der Waals surface area contributed by atoms with Gasteiger partial charge in [0.05, 0.1) is 14.2 Å².